The second-order valence-electron chi connectivity index (χ2n) is 4.97. The normalized spacial score (nSPS) is 16.9. The Labute approximate surface area is 144 Å². The van der Waals surface area contributed by atoms with Crippen LogP contribution in [0.1, 0.15) is 11.3 Å². The van der Waals surface area contributed by atoms with Gasteiger partial charge >= 0.3 is 0 Å². The highest BCUT2D eigenvalue weighted by atomic mass is 32.2. The third kappa shape index (κ3) is 4.00. The topological polar surface area (TPSA) is 33.5 Å². The summed E-state index contributed by atoms with van der Waals surface area (Å²) in [5, 5.41) is 0. The van der Waals surface area contributed by atoms with Crippen molar-refractivity contribution >= 4 is 40.3 Å². The van der Waals surface area contributed by atoms with E-state index in [4.69, 9.17) is 16.6 Å². The van der Waals surface area contributed by atoms with Crippen LogP contribution < -0.4 is 0 Å². The molecule has 3 nitrogen and oxygen atoms in total. The van der Waals surface area contributed by atoms with Crippen LogP contribution in [0, 0.1) is 0 Å². The first kappa shape index (κ1) is 15.8. The molecule has 116 valence electrons. The van der Waals surface area contributed by atoms with E-state index in [9.17, 15) is 4.79 Å². The molecule has 1 fully saturated rings. The molecule has 3 rings (SSSR count). The summed E-state index contributed by atoms with van der Waals surface area (Å²) in [6, 6.07) is 13.8. The van der Waals surface area contributed by atoms with Crippen LogP contribution in [0.25, 0.3) is 6.08 Å². The molecule has 0 aliphatic carbocycles. The lowest BCUT2D eigenvalue weighted by molar-refractivity contribution is -0.122. The molecule has 1 aliphatic heterocycles. The summed E-state index contributed by atoms with van der Waals surface area (Å²) in [5.41, 5.74) is 1.20. The summed E-state index contributed by atoms with van der Waals surface area (Å²) in [6.45, 7) is 0.605. The molecule has 1 amide bonds. The van der Waals surface area contributed by atoms with Crippen LogP contribution >= 0.6 is 24.0 Å². The van der Waals surface area contributed by atoms with E-state index in [2.05, 4.69) is 12.1 Å². The molecule has 0 bridgehead atoms. The van der Waals surface area contributed by atoms with E-state index >= 15 is 0 Å². The van der Waals surface area contributed by atoms with Crippen molar-refractivity contribution in [3.05, 3.63) is 77.1 Å². The van der Waals surface area contributed by atoms with Gasteiger partial charge in [0.05, 0.1) is 11.2 Å². The van der Waals surface area contributed by atoms with Crippen molar-refractivity contribution in [3.63, 3.8) is 0 Å². The zero-order valence-electron chi connectivity index (χ0n) is 12.3. The SMILES string of the molecule is O=C1/C(=C/C=C/c2ccco2)SC(=S)N1CCc1ccccc1. The first-order valence-corrected chi connectivity index (χ1v) is 8.46. The summed E-state index contributed by atoms with van der Waals surface area (Å²) in [5.74, 6) is 0.723. The second-order valence-corrected chi connectivity index (χ2v) is 6.64. The first-order chi connectivity index (χ1) is 11.2. The van der Waals surface area contributed by atoms with Crippen molar-refractivity contribution in [2.24, 2.45) is 0 Å². The summed E-state index contributed by atoms with van der Waals surface area (Å²) < 4.78 is 5.83. The molecular formula is C18H15NO2S2. The molecule has 1 aromatic carbocycles. The van der Waals surface area contributed by atoms with Gasteiger partial charge in [0.2, 0.25) is 0 Å². The third-order valence-electron chi connectivity index (χ3n) is 3.39. The molecule has 2 heterocycles. The highest BCUT2D eigenvalue weighted by Crippen LogP contribution is 2.31. The lowest BCUT2D eigenvalue weighted by Gasteiger charge is -2.14. The van der Waals surface area contributed by atoms with Crippen molar-refractivity contribution in [1.82, 2.24) is 4.90 Å². The Hall–Kier alpha value is -2.11. The van der Waals surface area contributed by atoms with Crippen LogP contribution in [0.5, 0.6) is 0 Å². The fraction of sp³-hybridized carbons (Fsp3) is 0.111. The number of benzene rings is 1. The molecule has 1 aromatic heterocycles. The molecule has 0 radical (unpaired) electrons. The van der Waals surface area contributed by atoms with Gasteiger partial charge in [-0.2, -0.15) is 0 Å². The Morgan fingerprint density at radius 2 is 2.00 bits per heavy atom. The molecule has 1 aliphatic rings. The molecule has 0 atom stereocenters. The van der Waals surface area contributed by atoms with E-state index in [1.807, 2.05) is 42.5 Å². The highest BCUT2D eigenvalue weighted by Gasteiger charge is 2.31. The first-order valence-electron chi connectivity index (χ1n) is 7.23. The average Bonchev–Trinajstić information content (AvgIpc) is 3.16. The Morgan fingerprint density at radius 3 is 2.74 bits per heavy atom. The number of hydrogen-bond donors (Lipinski definition) is 0. The molecule has 2 aromatic rings. The summed E-state index contributed by atoms with van der Waals surface area (Å²) in [4.78, 5) is 14.7. The Balaban J connectivity index is 1.63. The van der Waals surface area contributed by atoms with E-state index < -0.39 is 0 Å². The zero-order valence-corrected chi connectivity index (χ0v) is 14.0. The minimum absolute atomic E-state index is 0.0278. The number of thioether (sulfide) groups is 1. The smallest absolute Gasteiger partial charge is 0.266 e. The van der Waals surface area contributed by atoms with Crippen molar-refractivity contribution < 1.29 is 9.21 Å². The van der Waals surface area contributed by atoms with Crippen molar-refractivity contribution in [2.45, 2.75) is 6.42 Å². The van der Waals surface area contributed by atoms with Crippen molar-refractivity contribution in [1.29, 1.82) is 0 Å². The standard InChI is InChI=1S/C18H15NO2S2/c20-17-16(10-4-8-15-9-5-13-21-15)23-18(22)19(17)12-11-14-6-2-1-3-7-14/h1-10,13H,11-12H2/b8-4+,16-10-. The van der Waals surface area contributed by atoms with E-state index in [1.165, 1.54) is 17.3 Å². The minimum Gasteiger partial charge on any atom is -0.465 e. The number of furan rings is 1. The molecule has 1 saturated heterocycles. The number of carbonyl (C=O) groups is 1. The number of allylic oxidation sites excluding steroid dienone is 2. The van der Waals surface area contributed by atoms with E-state index in [0.717, 1.165) is 12.2 Å². The largest absolute Gasteiger partial charge is 0.465 e. The van der Waals surface area contributed by atoms with Gasteiger partial charge in [-0.05, 0) is 36.3 Å². The number of hydrogen-bond acceptors (Lipinski definition) is 4. The maximum absolute atomic E-state index is 12.4. The fourth-order valence-electron chi connectivity index (χ4n) is 2.21. The maximum atomic E-state index is 12.4. The van der Waals surface area contributed by atoms with Gasteiger partial charge in [0, 0.05) is 6.54 Å². The predicted molar refractivity (Wildman–Crippen MR) is 97.9 cm³/mol. The third-order valence-corrected chi connectivity index (χ3v) is 4.79. The van der Waals surface area contributed by atoms with Gasteiger partial charge < -0.3 is 4.42 Å². The average molecular weight is 341 g/mol. The van der Waals surface area contributed by atoms with Crippen LogP contribution in [0.2, 0.25) is 0 Å². The second kappa shape index (κ2) is 7.44. The zero-order chi connectivity index (χ0) is 16.1. The molecule has 0 N–H and O–H groups in total. The molecule has 23 heavy (non-hydrogen) atoms. The van der Waals surface area contributed by atoms with Gasteiger partial charge in [0.1, 0.15) is 10.1 Å². The Kier molecular flexibility index (Phi) is 5.10. The number of amides is 1. The van der Waals surface area contributed by atoms with Gasteiger partial charge in [-0.25, -0.2) is 0 Å². The number of thiocarbonyl (C=S) groups is 1. The number of carbonyl (C=O) groups excluding carboxylic acids is 1. The van der Waals surface area contributed by atoms with E-state index in [1.54, 1.807) is 17.2 Å². The Morgan fingerprint density at radius 1 is 1.17 bits per heavy atom. The Bertz CT molecular complexity index is 749. The van der Waals surface area contributed by atoms with Crippen molar-refractivity contribution in [3.8, 4) is 0 Å². The molecule has 0 saturated carbocycles. The van der Waals surface area contributed by atoms with E-state index in [0.29, 0.717) is 15.8 Å². The van der Waals surface area contributed by atoms with Crippen LogP contribution in [-0.2, 0) is 11.2 Å². The van der Waals surface area contributed by atoms with Crippen molar-refractivity contribution in [2.75, 3.05) is 6.54 Å². The predicted octanol–water partition coefficient (Wildman–Crippen LogP) is 4.28. The van der Waals surface area contributed by atoms with Crippen LogP contribution in [0.15, 0.2) is 70.2 Å². The van der Waals surface area contributed by atoms with Crippen LogP contribution in [-0.4, -0.2) is 21.7 Å². The summed E-state index contributed by atoms with van der Waals surface area (Å²) >= 11 is 6.67. The molecule has 0 unspecified atom stereocenters. The highest BCUT2D eigenvalue weighted by molar-refractivity contribution is 8.26. The molecule has 0 spiro atoms. The van der Waals surface area contributed by atoms with Crippen LogP contribution in [0.4, 0.5) is 0 Å². The fourth-order valence-corrected chi connectivity index (χ4v) is 3.47. The van der Waals surface area contributed by atoms with E-state index in [-0.39, 0.29) is 5.91 Å². The molecule has 5 heteroatoms. The van der Waals surface area contributed by atoms with Gasteiger partial charge in [-0.1, -0.05) is 60.4 Å². The summed E-state index contributed by atoms with van der Waals surface area (Å²) in [7, 11) is 0. The van der Waals surface area contributed by atoms with Crippen LogP contribution in [0.3, 0.4) is 0 Å². The summed E-state index contributed by atoms with van der Waals surface area (Å²) in [6.07, 6.45) is 7.81. The van der Waals surface area contributed by atoms with Gasteiger partial charge in [0.15, 0.2) is 0 Å². The minimum atomic E-state index is -0.0278. The number of nitrogens with zero attached hydrogens (tertiary/aromatic N) is 1. The van der Waals surface area contributed by atoms with Gasteiger partial charge in [-0.3, -0.25) is 9.69 Å². The quantitative estimate of drug-likeness (QED) is 0.600. The maximum Gasteiger partial charge on any atom is 0.266 e. The monoisotopic (exact) mass is 341 g/mol. The van der Waals surface area contributed by atoms with Gasteiger partial charge in [-0.15, -0.1) is 0 Å². The lowest BCUT2D eigenvalue weighted by Crippen LogP contribution is -2.30. The lowest BCUT2D eigenvalue weighted by atomic mass is 10.1. The number of rotatable bonds is 5. The van der Waals surface area contributed by atoms with Gasteiger partial charge in [0.25, 0.3) is 5.91 Å². The molecular weight excluding hydrogens is 326 g/mol.